The van der Waals surface area contributed by atoms with Gasteiger partial charge in [-0.05, 0) is 18.9 Å². The fourth-order valence-corrected chi connectivity index (χ4v) is 0.692. The van der Waals surface area contributed by atoms with Gasteiger partial charge in [-0.25, -0.2) is 0 Å². The van der Waals surface area contributed by atoms with Gasteiger partial charge in [-0.2, -0.15) is 0 Å². The van der Waals surface area contributed by atoms with Crippen molar-refractivity contribution in [3.05, 3.63) is 11.6 Å². The third-order valence-corrected chi connectivity index (χ3v) is 1.45. The first-order chi connectivity index (χ1) is 4.72. The lowest BCUT2D eigenvalue weighted by atomic mass is 10.1. The van der Waals surface area contributed by atoms with E-state index in [-0.39, 0.29) is 6.10 Å². The standard InChI is InChI=1S/C8H14O2/c1-3-8(10)7(2)5-4-6-9/h5-6,8,10H,3-4H2,1-2H3/b7-5+. The Labute approximate surface area is 61.6 Å². The topological polar surface area (TPSA) is 37.3 Å². The molecular weight excluding hydrogens is 128 g/mol. The molecule has 2 heteroatoms. The number of allylic oxidation sites excluding steroid dienone is 1. The van der Waals surface area contributed by atoms with Crippen molar-refractivity contribution in [2.45, 2.75) is 32.8 Å². The first-order valence-corrected chi connectivity index (χ1v) is 3.50. The largest absolute Gasteiger partial charge is 0.389 e. The molecule has 58 valence electrons. The van der Waals surface area contributed by atoms with Crippen molar-refractivity contribution in [2.24, 2.45) is 0 Å². The zero-order valence-electron chi connectivity index (χ0n) is 6.50. The third kappa shape index (κ3) is 3.41. The normalized spacial score (nSPS) is 14.9. The van der Waals surface area contributed by atoms with Gasteiger partial charge in [0.05, 0.1) is 6.10 Å². The molecule has 1 unspecified atom stereocenters. The van der Waals surface area contributed by atoms with Crippen molar-refractivity contribution in [1.29, 1.82) is 0 Å². The molecule has 2 nitrogen and oxygen atoms in total. The van der Waals surface area contributed by atoms with Crippen LogP contribution in [-0.2, 0) is 4.79 Å². The number of aldehydes is 1. The average Bonchev–Trinajstić information content (AvgIpc) is 1.98. The third-order valence-electron chi connectivity index (χ3n) is 1.45. The lowest BCUT2D eigenvalue weighted by molar-refractivity contribution is -0.107. The number of aliphatic hydroxyl groups is 1. The van der Waals surface area contributed by atoms with Crippen LogP contribution in [-0.4, -0.2) is 17.5 Å². The molecule has 0 saturated heterocycles. The molecule has 0 aromatic carbocycles. The van der Waals surface area contributed by atoms with E-state index < -0.39 is 0 Å². The quantitative estimate of drug-likeness (QED) is 0.474. The number of aliphatic hydroxyl groups excluding tert-OH is 1. The molecule has 0 heterocycles. The van der Waals surface area contributed by atoms with Crippen molar-refractivity contribution >= 4 is 6.29 Å². The van der Waals surface area contributed by atoms with Gasteiger partial charge in [0.15, 0.2) is 0 Å². The predicted octanol–water partition coefficient (Wildman–Crippen LogP) is 1.29. The lowest BCUT2D eigenvalue weighted by Gasteiger charge is -2.06. The Morgan fingerprint density at radius 3 is 2.70 bits per heavy atom. The van der Waals surface area contributed by atoms with Crippen LogP contribution in [0.2, 0.25) is 0 Å². The Morgan fingerprint density at radius 2 is 2.30 bits per heavy atom. The monoisotopic (exact) mass is 142 g/mol. The van der Waals surface area contributed by atoms with Crippen molar-refractivity contribution < 1.29 is 9.90 Å². The second-order valence-corrected chi connectivity index (χ2v) is 2.27. The van der Waals surface area contributed by atoms with Crippen LogP contribution in [0.5, 0.6) is 0 Å². The van der Waals surface area contributed by atoms with Crippen molar-refractivity contribution in [1.82, 2.24) is 0 Å². The number of rotatable bonds is 4. The highest BCUT2D eigenvalue weighted by Crippen LogP contribution is 2.04. The zero-order valence-corrected chi connectivity index (χ0v) is 6.50. The van der Waals surface area contributed by atoms with Crippen molar-refractivity contribution in [2.75, 3.05) is 0 Å². The molecule has 0 aliphatic heterocycles. The molecule has 0 bridgehead atoms. The van der Waals surface area contributed by atoms with Crippen LogP contribution in [0, 0.1) is 0 Å². The van der Waals surface area contributed by atoms with Crippen molar-refractivity contribution in [3.63, 3.8) is 0 Å². The molecule has 0 aromatic rings. The molecule has 0 radical (unpaired) electrons. The van der Waals surface area contributed by atoms with E-state index in [1.165, 1.54) is 0 Å². The van der Waals surface area contributed by atoms with Gasteiger partial charge in [-0.3, -0.25) is 0 Å². The van der Waals surface area contributed by atoms with Crippen LogP contribution >= 0.6 is 0 Å². The second kappa shape index (κ2) is 5.18. The molecule has 10 heavy (non-hydrogen) atoms. The van der Waals surface area contributed by atoms with E-state index in [1.54, 1.807) is 6.08 Å². The Hall–Kier alpha value is -0.630. The smallest absolute Gasteiger partial charge is 0.123 e. The molecule has 0 spiro atoms. The van der Waals surface area contributed by atoms with E-state index in [9.17, 15) is 4.79 Å². The molecule has 1 atom stereocenters. The van der Waals surface area contributed by atoms with E-state index >= 15 is 0 Å². The Kier molecular flexibility index (Phi) is 4.85. The summed E-state index contributed by atoms with van der Waals surface area (Å²) in [5.74, 6) is 0. The molecule has 0 amide bonds. The van der Waals surface area contributed by atoms with E-state index in [1.807, 2.05) is 13.8 Å². The molecule has 0 rings (SSSR count). The minimum Gasteiger partial charge on any atom is -0.389 e. The van der Waals surface area contributed by atoms with Crippen LogP contribution in [0.15, 0.2) is 11.6 Å². The summed E-state index contributed by atoms with van der Waals surface area (Å²) in [7, 11) is 0. The summed E-state index contributed by atoms with van der Waals surface area (Å²) < 4.78 is 0. The molecule has 1 N–H and O–H groups in total. The second-order valence-electron chi connectivity index (χ2n) is 2.27. The van der Waals surface area contributed by atoms with E-state index in [0.29, 0.717) is 12.8 Å². The maximum absolute atomic E-state index is 9.89. The van der Waals surface area contributed by atoms with Gasteiger partial charge < -0.3 is 9.90 Å². The fourth-order valence-electron chi connectivity index (χ4n) is 0.692. The molecule has 0 aromatic heterocycles. The minimum atomic E-state index is -0.375. The summed E-state index contributed by atoms with van der Waals surface area (Å²) in [5, 5.41) is 9.17. The first kappa shape index (κ1) is 9.37. The summed E-state index contributed by atoms with van der Waals surface area (Å²) in [5.41, 5.74) is 0.884. The summed E-state index contributed by atoms with van der Waals surface area (Å²) in [6, 6.07) is 0. The molecular formula is C8H14O2. The first-order valence-electron chi connectivity index (χ1n) is 3.50. The van der Waals surface area contributed by atoms with Crippen LogP contribution < -0.4 is 0 Å². The minimum absolute atomic E-state index is 0.375. The summed E-state index contributed by atoms with van der Waals surface area (Å²) in [6.45, 7) is 3.74. The molecule has 0 fully saturated rings. The number of hydrogen-bond acceptors (Lipinski definition) is 2. The maximum atomic E-state index is 9.89. The predicted molar refractivity (Wildman–Crippen MR) is 40.7 cm³/mol. The lowest BCUT2D eigenvalue weighted by Crippen LogP contribution is -2.05. The number of hydrogen-bond donors (Lipinski definition) is 1. The SMILES string of the molecule is CCC(O)/C(C)=C/CC=O. The van der Waals surface area contributed by atoms with Gasteiger partial charge in [0, 0.05) is 6.42 Å². The summed E-state index contributed by atoms with van der Waals surface area (Å²) in [6.07, 6.45) is 3.32. The number of carbonyl (C=O) groups is 1. The fraction of sp³-hybridized carbons (Fsp3) is 0.625. The highest BCUT2D eigenvalue weighted by Gasteiger charge is 2.00. The Balaban J connectivity index is 3.78. The van der Waals surface area contributed by atoms with Crippen LogP contribution in [0.4, 0.5) is 0 Å². The average molecular weight is 142 g/mol. The van der Waals surface area contributed by atoms with Crippen molar-refractivity contribution in [3.8, 4) is 0 Å². The van der Waals surface area contributed by atoms with Gasteiger partial charge in [-0.1, -0.05) is 13.0 Å². The van der Waals surface area contributed by atoms with E-state index in [4.69, 9.17) is 5.11 Å². The van der Waals surface area contributed by atoms with Gasteiger partial charge in [0.1, 0.15) is 6.29 Å². The maximum Gasteiger partial charge on any atom is 0.123 e. The number of carbonyl (C=O) groups excluding carboxylic acids is 1. The van der Waals surface area contributed by atoms with E-state index in [0.717, 1.165) is 11.9 Å². The Morgan fingerprint density at radius 1 is 1.70 bits per heavy atom. The highest BCUT2D eigenvalue weighted by molar-refractivity contribution is 5.52. The van der Waals surface area contributed by atoms with Gasteiger partial charge in [-0.15, -0.1) is 0 Å². The Bertz CT molecular complexity index is 127. The molecule has 0 aliphatic carbocycles. The van der Waals surface area contributed by atoms with Gasteiger partial charge in [0.25, 0.3) is 0 Å². The van der Waals surface area contributed by atoms with Gasteiger partial charge in [0.2, 0.25) is 0 Å². The zero-order chi connectivity index (χ0) is 7.98. The summed E-state index contributed by atoms with van der Waals surface area (Å²) in [4.78, 5) is 9.89. The highest BCUT2D eigenvalue weighted by atomic mass is 16.3. The van der Waals surface area contributed by atoms with Gasteiger partial charge >= 0.3 is 0 Å². The molecule has 0 aliphatic rings. The molecule has 0 saturated carbocycles. The summed E-state index contributed by atoms with van der Waals surface area (Å²) >= 11 is 0. The van der Waals surface area contributed by atoms with E-state index in [2.05, 4.69) is 0 Å². The van der Waals surface area contributed by atoms with Crippen LogP contribution in [0.1, 0.15) is 26.7 Å². The van der Waals surface area contributed by atoms with Crippen LogP contribution in [0.25, 0.3) is 0 Å². The van der Waals surface area contributed by atoms with Crippen LogP contribution in [0.3, 0.4) is 0 Å².